The Bertz CT molecular complexity index is 510. The average Bonchev–Trinajstić information content (AvgIpc) is 2.39. The molecule has 0 amide bonds. The van der Waals surface area contributed by atoms with E-state index in [1.165, 1.54) is 19.1 Å². The Labute approximate surface area is 115 Å². The lowest BCUT2D eigenvalue weighted by molar-refractivity contribution is 0.0606. The molecule has 1 aliphatic rings. The average molecular weight is 283 g/mol. The van der Waals surface area contributed by atoms with Crippen LogP contribution >= 0.6 is 0 Å². The first-order valence-electron chi connectivity index (χ1n) is 6.60. The van der Waals surface area contributed by atoms with Crippen molar-refractivity contribution in [3.63, 3.8) is 0 Å². The van der Waals surface area contributed by atoms with Gasteiger partial charge < -0.3 is 10.1 Å². The van der Waals surface area contributed by atoms with Gasteiger partial charge in [0.05, 0.1) is 17.0 Å². The normalized spacial score (nSPS) is 24.1. The highest BCUT2D eigenvalue weighted by Gasteiger charge is 2.24. The Hall–Kier alpha value is -1.07. The molecule has 2 atom stereocenters. The number of rotatable bonds is 4. The van der Waals surface area contributed by atoms with Crippen LogP contribution in [0.4, 0.5) is 5.69 Å². The summed E-state index contributed by atoms with van der Waals surface area (Å²) in [7, 11) is -1.37. The summed E-state index contributed by atoms with van der Waals surface area (Å²) in [5.74, 6) is 0. The summed E-state index contributed by atoms with van der Waals surface area (Å²) in [6.45, 7) is 0. The molecule has 1 aromatic rings. The van der Waals surface area contributed by atoms with Crippen molar-refractivity contribution in [1.29, 1.82) is 0 Å². The van der Waals surface area contributed by atoms with E-state index < -0.39 is 9.84 Å². The van der Waals surface area contributed by atoms with Crippen LogP contribution in [0, 0.1) is 0 Å². The predicted octanol–water partition coefficient (Wildman–Crippen LogP) is 2.46. The Morgan fingerprint density at radius 2 is 1.79 bits per heavy atom. The minimum atomic E-state index is -3.12. The summed E-state index contributed by atoms with van der Waals surface area (Å²) < 4.78 is 28.3. The lowest BCUT2D eigenvalue weighted by atomic mass is 9.92. The first kappa shape index (κ1) is 14.3. The van der Waals surface area contributed by atoms with Crippen molar-refractivity contribution >= 4 is 15.5 Å². The largest absolute Gasteiger partial charge is 0.380 e. The number of hydrogen-bond acceptors (Lipinski definition) is 4. The third-order valence-corrected chi connectivity index (χ3v) is 4.77. The zero-order valence-electron chi connectivity index (χ0n) is 11.4. The molecule has 0 heterocycles. The van der Waals surface area contributed by atoms with Gasteiger partial charge in [-0.05, 0) is 37.1 Å². The van der Waals surface area contributed by atoms with Crippen LogP contribution in [0.15, 0.2) is 29.2 Å². The third kappa shape index (κ3) is 3.70. The summed E-state index contributed by atoms with van der Waals surface area (Å²) in [6, 6.07) is 7.22. The summed E-state index contributed by atoms with van der Waals surface area (Å²) >= 11 is 0. The highest BCUT2D eigenvalue weighted by molar-refractivity contribution is 7.90. The molecule has 1 N–H and O–H groups in total. The number of benzene rings is 1. The number of methoxy groups -OCH3 is 1. The third-order valence-electron chi connectivity index (χ3n) is 3.64. The SMILES string of the molecule is CO[C@H]1CCCC[C@@H]1Nc1ccc(S(C)(=O)=O)cc1. The number of ether oxygens (including phenoxy) is 1. The van der Waals surface area contributed by atoms with E-state index in [1.807, 2.05) is 12.1 Å². The number of anilines is 1. The van der Waals surface area contributed by atoms with Crippen LogP contribution < -0.4 is 5.32 Å². The van der Waals surface area contributed by atoms with Crippen LogP contribution in [0.25, 0.3) is 0 Å². The van der Waals surface area contributed by atoms with Gasteiger partial charge in [0.2, 0.25) is 0 Å². The van der Waals surface area contributed by atoms with Gasteiger partial charge in [-0.2, -0.15) is 0 Å². The fourth-order valence-corrected chi connectivity index (χ4v) is 3.19. The summed E-state index contributed by atoms with van der Waals surface area (Å²) in [5, 5.41) is 3.44. The van der Waals surface area contributed by atoms with E-state index >= 15 is 0 Å². The molecule has 1 aliphatic carbocycles. The van der Waals surface area contributed by atoms with E-state index in [0.29, 0.717) is 10.9 Å². The van der Waals surface area contributed by atoms with Crippen LogP contribution in [0.5, 0.6) is 0 Å². The van der Waals surface area contributed by atoms with Gasteiger partial charge >= 0.3 is 0 Å². The van der Waals surface area contributed by atoms with Gasteiger partial charge in [0.25, 0.3) is 0 Å². The van der Waals surface area contributed by atoms with Gasteiger partial charge in [0, 0.05) is 19.1 Å². The Balaban J connectivity index is 2.06. The minimum Gasteiger partial charge on any atom is -0.380 e. The van der Waals surface area contributed by atoms with Gasteiger partial charge in [-0.1, -0.05) is 12.8 Å². The van der Waals surface area contributed by atoms with Crippen molar-refractivity contribution in [2.75, 3.05) is 18.7 Å². The zero-order chi connectivity index (χ0) is 13.9. The second kappa shape index (κ2) is 5.92. The molecule has 106 valence electrons. The van der Waals surface area contributed by atoms with Crippen molar-refractivity contribution in [2.45, 2.75) is 42.7 Å². The zero-order valence-corrected chi connectivity index (χ0v) is 12.2. The van der Waals surface area contributed by atoms with Gasteiger partial charge in [0.15, 0.2) is 9.84 Å². The predicted molar refractivity (Wildman–Crippen MR) is 76.2 cm³/mol. The highest BCUT2D eigenvalue weighted by Crippen LogP contribution is 2.24. The Morgan fingerprint density at radius 1 is 1.16 bits per heavy atom. The van der Waals surface area contributed by atoms with Gasteiger partial charge in [-0.25, -0.2) is 8.42 Å². The molecule has 1 fully saturated rings. The van der Waals surface area contributed by atoms with Crippen molar-refractivity contribution in [3.05, 3.63) is 24.3 Å². The van der Waals surface area contributed by atoms with Crippen LogP contribution in [0.2, 0.25) is 0 Å². The van der Waals surface area contributed by atoms with Crippen LogP contribution in [0.3, 0.4) is 0 Å². The molecule has 0 saturated heterocycles. The molecule has 0 aromatic heterocycles. The maximum atomic E-state index is 11.4. The number of nitrogens with one attached hydrogen (secondary N) is 1. The van der Waals surface area contributed by atoms with Crippen molar-refractivity contribution < 1.29 is 13.2 Å². The van der Waals surface area contributed by atoms with E-state index in [-0.39, 0.29) is 6.10 Å². The van der Waals surface area contributed by atoms with E-state index in [4.69, 9.17) is 4.74 Å². The van der Waals surface area contributed by atoms with Gasteiger partial charge in [0.1, 0.15) is 0 Å². The van der Waals surface area contributed by atoms with E-state index in [1.54, 1.807) is 19.2 Å². The fraction of sp³-hybridized carbons (Fsp3) is 0.571. The molecular weight excluding hydrogens is 262 g/mol. The molecule has 0 bridgehead atoms. The topological polar surface area (TPSA) is 55.4 Å². The lowest BCUT2D eigenvalue weighted by Gasteiger charge is -2.31. The molecule has 5 heteroatoms. The van der Waals surface area contributed by atoms with Gasteiger partial charge in [-0.3, -0.25) is 0 Å². The Morgan fingerprint density at radius 3 is 2.37 bits per heavy atom. The summed E-state index contributed by atoms with van der Waals surface area (Å²) in [6.07, 6.45) is 6.05. The molecule has 0 radical (unpaired) electrons. The fourth-order valence-electron chi connectivity index (χ4n) is 2.56. The molecular formula is C14H21NO3S. The first-order valence-corrected chi connectivity index (χ1v) is 8.49. The molecule has 0 aliphatic heterocycles. The van der Waals surface area contributed by atoms with Crippen molar-refractivity contribution in [2.24, 2.45) is 0 Å². The molecule has 0 unspecified atom stereocenters. The summed E-state index contributed by atoms with van der Waals surface area (Å²) in [5.41, 5.74) is 0.946. The number of hydrogen-bond donors (Lipinski definition) is 1. The van der Waals surface area contributed by atoms with Crippen LogP contribution in [-0.2, 0) is 14.6 Å². The number of sulfone groups is 1. The maximum absolute atomic E-state index is 11.4. The second-order valence-corrected chi connectivity index (χ2v) is 7.12. The van der Waals surface area contributed by atoms with E-state index in [9.17, 15) is 8.42 Å². The molecule has 1 saturated carbocycles. The molecule has 2 rings (SSSR count). The molecule has 0 spiro atoms. The monoisotopic (exact) mass is 283 g/mol. The van der Waals surface area contributed by atoms with Gasteiger partial charge in [-0.15, -0.1) is 0 Å². The van der Waals surface area contributed by atoms with Crippen molar-refractivity contribution in [1.82, 2.24) is 0 Å². The molecule has 1 aromatic carbocycles. The van der Waals surface area contributed by atoms with Crippen molar-refractivity contribution in [3.8, 4) is 0 Å². The molecule has 19 heavy (non-hydrogen) atoms. The Kier molecular flexibility index (Phi) is 4.47. The second-order valence-electron chi connectivity index (χ2n) is 5.11. The highest BCUT2D eigenvalue weighted by atomic mass is 32.2. The minimum absolute atomic E-state index is 0.239. The molecule has 4 nitrogen and oxygen atoms in total. The maximum Gasteiger partial charge on any atom is 0.175 e. The van der Waals surface area contributed by atoms with Crippen LogP contribution in [-0.4, -0.2) is 33.9 Å². The van der Waals surface area contributed by atoms with Crippen LogP contribution in [0.1, 0.15) is 25.7 Å². The first-order chi connectivity index (χ1) is 9.00. The van der Waals surface area contributed by atoms with E-state index in [0.717, 1.165) is 18.5 Å². The smallest absolute Gasteiger partial charge is 0.175 e. The lowest BCUT2D eigenvalue weighted by Crippen LogP contribution is -2.37. The quantitative estimate of drug-likeness (QED) is 0.922. The standard InChI is InChI=1S/C14H21NO3S/c1-18-14-6-4-3-5-13(14)15-11-7-9-12(10-8-11)19(2,16)17/h7-10,13-15H,3-6H2,1-2H3/t13-,14-/m0/s1. The van der Waals surface area contributed by atoms with E-state index in [2.05, 4.69) is 5.32 Å². The summed E-state index contributed by atoms with van der Waals surface area (Å²) in [4.78, 5) is 0.352.